The Bertz CT molecular complexity index is 622. The number of furan rings is 1. The van der Waals surface area contributed by atoms with E-state index in [1.54, 1.807) is 6.07 Å². The van der Waals surface area contributed by atoms with Crippen LogP contribution in [0, 0.1) is 6.92 Å². The van der Waals surface area contributed by atoms with E-state index < -0.39 is 5.97 Å². The molecule has 0 aromatic carbocycles. The van der Waals surface area contributed by atoms with Gasteiger partial charge < -0.3 is 19.8 Å². The summed E-state index contributed by atoms with van der Waals surface area (Å²) in [7, 11) is 3.18. The van der Waals surface area contributed by atoms with Gasteiger partial charge in [0.15, 0.2) is 0 Å². The molecule has 0 saturated carbocycles. The molecule has 2 rings (SSSR count). The van der Waals surface area contributed by atoms with E-state index in [-0.39, 0.29) is 0 Å². The van der Waals surface area contributed by atoms with Gasteiger partial charge in [0.1, 0.15) is 17.3 Å². The largest absolute Gasteiger partial charge is 0.465 e. The van der Waals surface area contributed by atoms with E-state index in [9.17, 15) is 4.79 Å². The molecule has 0 radical (unpaired) electrons. The van der Waals surface area contributed by atoms with E-state index in [0.717, 1.165) is 11.5 Å². The van der Waals surface area contributed by atoms with Crippen molar-refractivity contribution in [2.24, 2.45) is 0 Å². The normalized spacial score (nSPS) is 10.3. The van der Waals surface area contributed by atoms with Crippen LogP contribution in [0.4, 0.5) is 11.5 Å². The van der Waals surface area contributed by atoms with Gasteiger partial charge in [0, 0.05) is 7.05 Å². The standard InChI is InChI=1S/C14H17N3O3/c1-9-4-5-10(20-9)8-17(2)13-6-11(14(18)19-3)12(15)7-16-13/h4-7H,8,15H2,1-3H3. The molecule has 6 heteroatoms. The van der Waals surface area contributed by atoms with Crippen molar-refractivity contribution in [3.63, 3.8) is 0 Å². The van der Waals surface area contributed by atoms with E-state index in [1.807, 2.05) is 31.0 Å². The molecule has 0 aliphatic rings. The quantitative estimate of drug-likeness (QED) is 0.859. The lowest BCUT2D eigenvalue weighted by Gasteiger charge is -2.17. The highest BCUT2D eigenvalue weighted by Gasteiger charge is 2.14. The van der Waals surface area contributed by atoms with E-state index >= 15 is 0 Å². The van der Waals surface area contributed by atoms with Gasteiger partial charge in [0.25, 0.3) is 0 Å². The predicted octanol–water partition coefficient (Wildman–Crippen LogP) is 1.99. The SMILES string of the molecule is COC(=O)c1cc(N(C)Cc2ccc(C)o2)ncc1N. The Morgan fingerprint density at radius 1 is 1.50 bits per heavy atom. The Balaban J connectivity index is 2.21. The molecule has 2 N–H and O–H groups in total. The molecule has 0 fully saturated rings. The first-order chi connectivity index (χ1) is 9.51. The second kappa shape index (κ2) is 5.64. The molecule has 0 aliphatic heterocycles. The topological polar surface area (TPSA) is 81.6 Å². The third kappa shape index (κ3) is 2.90. The summed E-state index contributed by atoms with van der Waals surface area (Å²) < 4.78 is 10.2. The highest BCUT2D eigenvalue weighted by atomic mass is 16.5. The van der Waals surface area contributed by atoms with Crippen molar-refractivity contribution in [3.05, 3.63) is 41.5 Å². The maximum atomic E-state index is 11.6. The molecule has 0 bridgehead atoms. The Morgan fingerprint density at radius 2 is 2.25 bits per heavy atom. The van der Waals surface area contributed by atoms with Crippen LogP contribution >= 0.6 is 0 Å². The summed E-state index contributed by atoms with van der Waals surface area (Å²) in [6, 6.07) is 5.42. The van der Waals surface area contributed by atoms with Crippen LogP contribution in [0.3, 0.4) is 0 Å². The first-order valence-electron chi connectivity index (χ1n) is 6.11. The lowest BCUT2D eigenvalue weighted by molar-refractivity contribution is 0.0602. The van der Waals surface area contributed by atoms with Crippen LogP contribution in [0.25, 0.3) is 0 Å². The maximum absolute atomic E-state index is 11.6. The number of esters is 1. The van der Waals surface area contributed by atoms with Crippen LogP contribution in [-0.2, 0) is 11.3 Å². The van der Waals surface area contributed by atoms with Gasteiger partial charge in [-0.25, -0.2) is 9.78 Å². The molecule has 2 aromatic heterocycles. The zero-order valence-corrected chi connectivity index (χ0v) is 11.7. The Labute approximate surface area is 117 Å². The number of carbonyl (C=O) groups excluding carboxylic acids is 1. The van der Waals surface area contributed by atoms with Crippen LogP contribution in [-0.4, -0.2) is 25.1 Å². The summed E-state index contributed by atoms with van der Waals surface area (Å²) >= 11 is 0. The van der Waals surface area contributed by atoms with Crippen LogP contribution in [0.2, 0.25) is 0 Å². The van der Waals surface area contributed by atoms with Gasteiger partial charge >= 0.3 is 5.97 Å². The summed E-state index contributed by atoms with van der Waals surface area (Å²) in [6.45, 7) is 2.44. The van der Waals surface area contributed by atoms with E-state index in [2.05, 4.69) is 9.72 Å². The molecule has 0 aliphatic carbocycles. The summed E-state index contributed by atoms with van der Waals surface area (Å²) in [4.78, 5) is 17.7. The van der Waals surface area contributed by atoms with Crippen molar-refractivity contribution >= 4 is 17.5 Å². The first kappa shape index (κ1) is 13.9. The molecule has 2 heterocycles. The predicted molar refractivity (Wildman–Crippen MR) is 75.5 cm³/mol. The lowest BCUT2D eigenvalue weighted by atomic mass is 10.2. The molecular formula is C14H17N3O3. The van der Waals surface area contributed by atoms with Gasteiger partial charge in [0.2, 0.25) is 0 Å². The lowest BCUT2D eigenvalue weighted by Crippen LogP contribution is -2.18. The number of pyridine rings is 1. The molecule has 0 amide bonds. The number of methoxy groups -OCH3 is 1. The molecule has 0 spiro atoms. The molecule has 0 atom stereocenters. The number of nitrogens with two attached hydrogens (primary N) is 1. The molecule has 2 aromatic rings. The van der Waals surface area contributed by atoms with Gasteiger partial charge in [-0.3, -0.25) is 0 Å². The van der Waals surface area contributed by atoms with E-state index in [1.165, 1.54) is 13.3 Å². The second-order valence-corrected chi connectivity index (χ2v) is 4.49. The van der Waals surface area contributed by atoms with Crippen molar-refractivity contribution in [3.8, 4) is 0 Å². The number of hydrogen-bond donors (Lipinski definition) is 1. The Kier molecular flexibility index (Phi) is 3.93. The van der Waals surface area contributed by atoms with Crippen molar-refractivity contribution < 1.29 is 13.9 Å². The molecular weight excluding hydrogens is 258 g/mol. The van der Waals surface area contributed by atoms with Gasteiger partial charge in [-0.05, 0) is 25.1 Å². The van der Waals surface area contributed by atoms with Crippen molar-refractivity contribution in [2.45, 2.75) is 13.5 Å². The van der Waals surface area contributed by atoms with E-state index in [4.69, 9.17) is 10.2 Å². The number of aromatic nitrogens is 1. The van der Waals surface area contributed by atoms with Crippen molar-refractivity contribution in [2.75, 3.05) is 24.8 Å². The average Bonchev–Trinajstić information content (AvgIpc) is 2.83. The van der Waals surface area contributed by atoms with E-state index in [0.29, 0.717) is 23.6 Å². The minimum Gasteiger partial charge on any atom is -0.465 e. The summed E-state index contributed by atoms with van der Waals surface area (Å²) in [5.41, 5.74) is 6.32. The number of hydrogen-bond acceptors (Lipinski definition) is 6. The highest BCUT2D eigenvalue weighted by Crippen LogP contribution is 2.20. The molecule has 0 unspecified atom stereocenters. The average molecular weight is 275 g/mol. The summed E-state index contributed by atoms with van der Waals surface area (Å²) in [5, 5.41) is 0. The number of rotatable bonds is 4. The van der Waals surface area contributed by atoms with Gasteiger partial charge in [-0.15, -0.1) is 0 Å². The number of ether oxygens (including phenoxy) is 1. The number of anilines is 2. The number of carbonyl (C=O) groups is 1. The van der Waals surface area contributed by atoms with Crippen molar-refractivity contribution in [1.82, 2.24) is 4.98 Å². The van der Waals surface area contributed by atoms with Crippen LogP contribution in [0.1, 0.15) is 21.9 Å². The zero-order valence-electron chi connectivity index (χ0n) is 11.7. The van der Waals surface area contributed by atoms with Gasteiger partial charge in [-0.1, -0.05) is 0 Å². The van der Waals surface area contributed by atoms with Crippen LogP contribution in [0.5, 0.6) is 0 Å². The third-order valence-corrected chi connectivity index (χ3v) is 2.91. The van der Waals surface area contributed by atoms with Crippen LogP contribution in [0.15, 0.2) is 28.8 Å². The fraction of sp³-hybridized carbons (Fsp3) is 0.286. The zero-order chi connectivity index (χ0) is 14.7. The number of aryl methyl sites for hydroxylation is 1. The fourth-order valence-corrected chi connectivity index (χ4v) is 1.84. The minimum atomic E-state index is -0.478. The first-order valence-corrected chi connectivity index (χ1v) is 6.11. The van der Waals surface area contributed by atoms with Gasteiger partial charge in [-0.2, -0.15) is 0 Å². The number of nitrogen functional groups attached to an aromatic ring is 1. The monoisotopic (exact) mass is 275 g/mol. The fourth-order valence-electron chi connectivity index (χ4n) is 1.84. The molecule has 6 nitrogen and oxygen atoms in total. The molecule has 106 valence electrons. The highest BCUT2D eigenvalue weighted by molar-refractivity contribution is 5.95. The number of nitrogens with zero attached hydrogens (tertiary/aromatic N) is 2. The second-order valence-electron chi connectivity index (χ2n) is 4.49. The molecule has 20 heavy (non-hydrogen) atoms. The summed E-state index contributed by atoms with van der Waals surface area (Å²) in [5.74, 6) is 1.82. The smallest absolute Gasteiger partial charge is 0.340 e. The minimum absolute atomic E-state index is 0.294. The summed E-state index contributed by atoms with van der Waals surface area (Å²) in [6.07, 6.45) is 1.45. The molecule has 0 saturated heterocycles. The Hall–Kier alpha value is -2.50. The third-order valence-electron chi connectivity index (χ3n) is 2.91. The maximum Gasteiger partial charge on any atom is 0.340 e. The van der Waals surface area contributed by atoms with Gasteiger partial charge in [0.05, 0.1) is 31.1 Å². The van der Waals surface area contributed by atoms with Crippen LogP contribution < -0.4 is 10.6 Å². The van der Waals surface area contributed by atoms with Crippen molar-refractivity contribution in [1.29, 1.82) is 0 Å². The Morgan fingerprint density at radius 3 is 2.85 bits per heavy atom.